The maximum absolute atomic E-state index is 9.77. The van der Waals surface area contributed by atoms with Crippen LogP contribution in [0.15, 0.2) is 36.4 Å². The van der Waals surface area contributed by atoms with Crippen LogP contribution in [0.2, 0.25) is 0 Å². The van der Waals surface area contributed by atoms with E-state index in [1.807, 2.05) is 6.07 Å². The van der Waals surface area contributed by atoms with Crippen molar-refractivity contribution in [1.82, 2.24) is 0 Å². The molecule has 0 radical (unpaired) electrons. The Morgan fingerprint density at radius 3 is 1.92 bits per heavy atom. The Labute approximate surface area is 145 Å². The van der Waals surface area contributed by atoms with Gasteiger partial charge in [-0.05, 0) is 35.4 Å². The first-order chi connectivity index (χ1) is 12.1. The highest BCUT2D eigenvalue weighted by Crippen LogP contribution is 2.51. The molecular weight excluding hydrogens is 324 g/mol. The standard InChI is InChI=1S/C19H20O6/c1-23-17-7-11(3-5-15(17)21)19-13-9-24-18(12(13)8-25-19)10-2-4-14(20)16(22)6-10/h2-7,12-13,18-22H,8-9H2,1H3. The van der Waals surface area contributed by atoms with Crippen LogP contribution in [0.1, 0.15) is 23.3 Å². The minimum Gasteiger partial charge on any atom is -0.504 e. The lowest BCUT2D eigenvalue weighted by atomic mass is 9.85. The highest BCUT2D eigenvalue weighted by molar-refractivity contribution is 5.44. The van der Waals surface area contributed by atoms with E-state index in [2.05, 4.69) is 0 Å². The molecule has 2 saturated heterocycles. The average molecular weight is 344 g/mol. The molecule has 0 bridgehead atoms. The molecule has 2 heterocycles. The molecule has 2 aromatic rings. The molecule has 4 rings (SSSR count). The topological polar surface area (TPSA) is 88.4 Å². The van der Waals surface area contributed by atoms with Crippen LogP contribution in [0.5, 0.6) is 23.0 Å². The van der Waals surface area contributed by atoms with Crippen molar-refractivity contribution in [2.24, 2.45) is 11.8 Å². The summed E-state index contributed by atoms with van der Waals surface area (Å²) in [6.07, 6.45) is -0.310. The van der Waals surface area contributed by atoms with E-state index in [0.717, 1.165) is 11.1 Å². The van der Waals surface area contributed by atoms with Crippen LogP contribution in [0.3, 0.4) is 0 Å². The molecule has 2 aliphatic heterocycles. The number of benzene rings is 2. The van der Waals surface area contributed by atoms with Crippen LogP contribution in [0.4, 0.5) is 0 Å². The fourth-order valence-electron chi connectivity index (χ4n) is 3.82. The van der Waals surface area contributed by atoms with Gasteiger partial charge < -0.3 is 29.5 Å². The van der Waals surface area contributed by atoms with Crippen LogP contribution in [-0.4, -0.2) is 35.6 Å². The maximum Gasteiger partial charge on any atom is 0.160 e. The smallest absolute Gasteiger partial charge is 0.160 e. The Kier molecular flexibility index (Phi) is 3.94. The van der Waals surface area contributed by atoms with Gasteiger partial charge in [0.1, 0.15) is 0 Å². The maximum atomic E-state index is 9.77. The summed E-state index contributed by atoms with van der Waals surface area (Å²) < 4.78 is 17.2. The lowest BCUT2D eigenvalue weighted by molar-refractivity contribution is 0.0191. The van der Waals surface area contributed by atoms with Crippen molar-refractivity contribution in [3.8, 4) is 23.0 Å². The van der Waals surface area contributed by atoms with Crippen molar-refractivity contribution in [2.75, 3.05) is 20.3 Å². The molecule has 0 aromatic heterocycles. The zero-order valence-corrected chi connectivity index (χ0v) is 13.8. The molecule has 132 valence electrons. The van der Waals surface area contributed by atoms with Crippen LogP contribution < -0.4 is 4.74 Å². The van der Waals surface area contributed by atoms with E-state index in [4.69, 9.17) is 14.2 Å². The van der Waals surface area contributed by atoms with Crippen LogP contribution in [0, 0.1) is 11.8 Å². The van der Waals surface area contributed by atoms with Crippen molar-refractivity contribution in [1.29, 1.82) is 0 Å². The number of hydrogen-bond acceptors (Lipinski definition) is 6. The third kappa shape index (κ3) is 2.67. The van der Waals surface area contributed by atoms with Gasteiger partial charge in [-0.3, -0.25) is 0 Å². The van der Waals surface area contributed by atoms with Gasteiger partial charge in [0.25, 0.3) is 0 Å². The van der Waals surface area contributed by atoms with E-state index in [-0.39, 0.29) is 41.3 Å². The van der Waals surface area contributed by atoms with E-state index in [0.29, 0.717) is 19.0 Å². The Balaban J connectivity index is 1.58. The Hall–Kier alpha value is -2.44. The number of ether oxygens (including phenoxy) is 3. The molecule has 0 saturated carbocycles. The van der Waals surface area contributed by atoms with Gasteiger partial charge in [0.15, 0.2) is 23.0 Å². The highest BCUT2D eigenvalue weighted by Gasteiger charge is 2.48. The summed E-state index contributed by atoms with van der Waals surface area (Å²) in [5, 5.41) is 29.0. The first kappa shape index (κ1) is 16.1. The molecule has 0 amide bonds. The summed E-state index contributed by atoms with van der Waals surface area (Å²) in [6, 6.07) is 10.0. The van der Waals surface area contributed by atoms with E-state index in [9.17, 15) is 15.3 Å². The number of rotatable bonds is 3. The van der Waals surface area contributed by atoms with Gasteiger partial charge in [-0.15, -0.1) is 0 Å². The summed E-state index contributed by atoms with van der Waals surface area (Å²) in [5.74, 6) is 0.562. The van der Waals surface area contributed by atoms with Crippen LogP contribution >= 0.6 is 0 Å². The van der Waals surface area contributed by atoms with Crippen molar-refractivity contribution in [3.63, 3.8) is 0 Å². The van der Waals surface area contributed by atoms with Gasteiger partial charge >= 0.3 is 0 Å². The lowest BCUT2D eigenvalue weighted by Gasteiger charge is -2.17. The summed E-state index contributed by atoms with van der Waals surface area (Å²) >= 11 is 0. The van der Waals surface area contributed by atoms with E-state index in [1.165, 1.54) is 13.2 Å². The molecule has 4 atom stereocenters. The molecule has 3 N–H and O–H groups in total. The average Bonchev–Trinajstić information content (AvgIpc) is 3.20. The molecule has 2 fully saturated rings. The monoisotopic (exact) mass is 344 g/mol. The summed E-state index contributed by atoms with van der Waals surface area (Å²) in [6.45, 7) is 1.09. The molecule has 2 aliphatic rings. The van der Waals surface area contributed by atoms with Gasteiger partial charge in [0, 0.05) is 11.8 Å². The van der Waals surface area contributed by atoms with E-state index < -0.39 is 0 Å². The van der Waals surface area contributed by atoms with Gasteiger partial charge in [0.2, 0.25) is 0 Å². The third-order valence-corrected chi connectivity index (χ3v) is 5.12. The first-order valence-corrected chi connectivity index (χ1v) is 8.20. The zero-order chi connectivity index (χ0) is 17.6. The van der Waals surface area contributed by atoms with Crippen molar-refractivity contribution in [3.05, 3.63) is 47.5 Å². The first-order valence-electron chi connectivity index (χ1n) is 8.20. The fourth-order valence-corrected chi connectivity index (χ4v) is 3.82. The zero-order valence-electron chi connectivity index (χ0n) is 13.8. The van der Waals surface area contributed by atoms with Gasteiger partial charge in [0.05, 0.1) is 32.5 Å². The number of phenols is 3. The fraction of sp³-hybridized carbons (Fsp3) is 0.368. The molecule has 2 aromatic carbocycles. The van der Waals surface area contributed by atoms with Gasteiger partial charge in [-0.1, -0.05) is 12.1 Å². The summed E-state index contributed by atoms with van der Waals surface area (Å²) in [7, 11) is 1.52. The molecule has 0 spiro atoms. The molecule has 4 unspecified atom stereocenters. The van der Waals surface area contributed by atoms with Crippen LogP contribution in [0.25, 0.3) is 0 Å². The van der Waals surface area contributed by atoms with Crippen molar-refractivity contribution >= 4 is 0 Å². The predicted molar refractivity (Wildman–Crippen MR) is 88.8 cm³/mol. The Bertz CT molecular complexity index is 789. The van der Waals surface area contributed by atoms with Gasteiger partial charge in [-0.2, -0.15) is 0 Å². The summed E-state index contributed by atoms with van der Waals surface area (Å²) in [5.41, 5.74) is 1.77. The highest BCUT2D eigenvalue weighted by atomic mass is 16.5. The molecule has 6 nitrogen and oxygen atoms in total. The van der Waals surface area contributed by atoms with E-state index in [1.54, 1.807) is 24.3 Å². The Morgan fingerprint density at radius 1 is 0.800 bits per heavy atom. The predicted octanol–water partition coefficient (Wildman–Crippen LogP) is 2.89. The minimum absolute atomic E-state index is 0.0981. The van der Waals surface area contributed by atoms with Crippen molar-refractivity contribution < 1.29 is 29.5 Å². The van der Waals surface area contributed by atoms with Crippen LogP contribution in [-0.2, 0) is 9.47 Å². The SMILES string of the molecule is COc1cc(C2OCC3C(c4ccc(O)c(O)c4)OCC23)ccc1O. The van der Waals surface area contributed by atoms with E-state index >= 15 is 0 Å². The number of hydrogen-bond donors (Lipinski definition) is 3. The van der Waals surface area contributed by atoms with Gasteiger partial charge in [-0.25, -0.2) is 0 Å². The number of methoxy groups -OCH3 is 1. The number of phenolic OH excluding ortho intramolecular Hbond substituents is 3. The molecular formula is C19H20O6. The second kappa shape index (κ2) is 6.13. The second-order valence-corrected chi connectivity index (χ2v) is 6.52. The molecule has 25 heavy (non-hydrogen) atoms. The largest absolute Gasteiger partial charge is 0.504 e. The third-order valence-electron chi connectivity index (χ3n) is 5.12. The second-order valence-electron chi connectivity index (χ2n) is 6.52. The van der Waals surface area contributed by atoms with Crippen molar-refractivity contribution in [2.45, 2.75) is 12.2 Å². The summed E-state index contributed by atoms with van der Waals surface area (Å²) in [4.78, 5) is 0. The molecule has 0 aliphatic carbocycles. The number of fused-ring (bicyclic) bond motifs is 1. The normalized spacial score (nSPS) is 28.0. The quantitative estimate of drug-likeness (QED) is 0.742. The lowest BCUT2D eigenvalue weighted by Crippen LogP contribution is -2.14. The minimum atomic E-state index is -0.180. The molecule has 6 heteroatoms. The number of aromatic hydroxyl groups is 3. The Morgan fingerprint density at radius 2 is 1.36 bits per heavy atom.